The molecule has 2 nitrogen and oxygen atoms in total. The SMILES string of the molecule is C[CH]CNC(C)=O. The van der Waals surface area contributed by atoms with E-state index >= 15 is 0 Å². The molecule has 0 rings (SSSR count). The Balaban J connectivity index is 2.82. The zero-order valence-electron chi connectivity index (χ0n) is 4.69. The summed E-state index contributed by atoms with van der Waals surface area (Å²) in [6, 6.07) is 0. The minimum absolute atomic E-state index is 0.0260. The third-order valence-corrected chi connectivity index (χ3v) is 0.555. The Morgan fingerprint density at radius 3 is 2.57 bits per heavy atom. The monoisotopic (exact) mass is 100 g/mol. The Morgan fingerprint density at radius 2 is 2.43 bits per heavy atom. The highest BCUT2D eigenvalue weighted by molar-refractivity contribution is 5.72. The molecule has 1 radical (unpaired) electrons. The maximum atomic E-state index is 10.1. The van der Waals surface area contributed by atoms with Crippen LogP contribution in [0.2, 0.25) is 0 Å². The first-order valence-electron chi connectivity index (χ1n) is 2.29. The fraction of sp³-hybridized carbons (Fsp3) is 0.600. The van der Waals surface area contributed by atoms with Crippen LogP contribution in [0.5, 0.6) is 0 Å². The average molecular weight is 100 g/mol. The number of hydrogen-bond donors (Lipinski definition) is 1. The third kappa shape index (κ3) is 5.47. The highest BCUT2D eigenvalue weighted by Gasteiger charge is 1.83. The predicted octanol–water partition coefficient (Wildman–Crippen LogP) is 0.347. The Morgan fingerprint density at radius 1 is 1.86 bits per heavy atom. The van der Waals surface area contributed by atoms with Crippen molar-refractivity contribution in [1.29, 1.82) is 0 Å². The van der Waals surface area contributed by atoms with Gasteiger partial charge in [-0.05, 0) is 6.42 Å². The van der Waals surface area contributed by atoms with Crippen molar-refractivity contribution in [2.45, 2.75) is 13.8 Å². The summed E-state index contributed by atoms with van der Waals surface area (Å²) in [4.78, 5) is 10.1. The molecule has 7 heavy (non-hydrogen) atoms. The first-order valence-corrected chi connectivity index (χ1v) is 2.29. The molecule has 0 bridgehead atoms. The molecule has 0 heterocycles. The number of rotatable bonds is 2. The predicted molar refractivity (Wildman–Crippen MR) is 28.7 cm³/mol. The minimum Gasteiger partial charge on any atom is -0.356 e. The molecular formula is C5H10NO. The molecule has 0 aliphatic rings. The Hall–Kier alpha value is -0.530. The molecule has 0 aliphatic heterocycles. The van der Waals surface area contributed by atoms with Gasteiger partial charge in [-0.15, -0.1) is 0 Å². The molecule has 0 spiro atoms. The van der Waals surface area contributed by atoms with Crippen LogP contribution in [0.3, 0.4) is 0 Å². The van der Waals surface area contributed by atoms with Crippen LogP contribution >= 0.6 is 0 Å². The molecule has 0 unspecified atom stereocenters. The molecule has 0 saturated heterocycles. The van der Waals surface area contributed by atoms with Gasteiger partial charge in [0.15, 0.2) is 0 Å². The summed E-state index contributed by atoms with van der Waals surface area (Å²) in [5, 5.41) is 2.60. The van der Waals surface area contributed by atoms with Crippen molar-refractivity contribution < 1.29 is 4.79 Å². The van der Waals surface area contributed by atoms with E-state index in [0.29, 0.717) is 6.54 Å². The first kappa shape index (κ1) is 6.47. The molecule has 0 saturated carbocycles. The highest BCUT2D eigenvalue weighted by Crippen LogP contribution is 1.65. The summed E-state index contributed by atoms with van der Waals surface area (Å²) in [6.07, 6.45) is 1.89. The smallest absolute Gasteiger partial charge is 0.216 e. The lowest BCUT2D eigenvalue weighted by Gasteiger charge is -1.93. The van der Waals surface area contributed by atoms with Crippen LogP contribution in [-0.4, -0.2) is 12.5 Å². The van der Waals surface area contributed by atoms with Gasteiger partial charge >= 0.3 is 0 Å². The van der Waals surface area contributed by atoms with Crippen LogP contribution in [-0.2, 0) is 4.79 Å². The third-order valence-electron chi connectivity index (χ3n) is 0.555. The van der Waals surface area contributed by atoms with Gasteiger partial charge in [0.1, 0.15) is 0 Å². The molecular weight excluding hydrogens is 90.1 g/mol. The van der Waals surface area contributed by atoms with Crippen molar-refractivity contribution in [3.8, 4) is 0 Å². The number of carbonyl (C=O) groups is 1. The number of amides is 1. The summed E-state index contributed by atoms with van der Waals surface area (Å²) in [6.45, 7) is 4.08. The highest BCUT2D eigenvalue weighted by atomic mass is 16.1. The normalized spacial score (nSPS) is 8.29. The Labute approximate surface area is 43.9 Å². The molecule has 0 aliphatic carbocycles. The van der Waals surface area contributed by atoms with Crippen LogP contribution in [0, 0.1) is 6.42 Å². The minimum atomic E-state index is 0.0260. The van der Waals surface area contributed by atoms with Gasteiger partial charge in [0.2, 0.25) is 5.91 Å². The van der Waals surface area contributed by atoms with E-state index in [1.54, 1.807) is 0 Å². The topological polar surface area (TPSA) is 29.1 Å². The van der Waals surface area contributed by atoms with Crippen molar-refractivity contribution >= 4 is 5.91 Å². The summed E-state index contributed by atoms with van der Waals surface area (Å²) in [5.74, 6) is 0.0260. The van der Waals surface area contributed by atoms with E-state index in [2.05, 4.69) is 5.32 Å². The van der Waals surface area contributed by atoms with Gasteiger partial charge in [-0.25, -0.2) is 0 Å². The second kappa shape index (κ2) is 3.65. The van der Waals surface area contributed by atoms with E-state index in [-0.39, 0.29) is 5.91 Å². The van der Waals surface area contributed by atoms with Gasteiger partial charge in [0.05, 0.1) is 0 Å². The van der Waals surface area contributed by atoms with Crippen LogP contribution in [0.15, 0.2) is 0 Å². The lowest BCUT2D eigenvalue weighted by molar-refractivity contribution is -0.118. The van der Waals surface area contributed by atoms with Gasteiger partial charge in [-0.1, -0.05) is 6.92 Å². The average Bonchev–Trinajstić information content (AvgIpc) is 1.61. The zero-order valence-corrected chi connectivity index (χ0v) is 4.69. The molecule has 1 N–H and O–H groups in total. The summed E-state index contributed by atoms with van der Waals surface area (Å²) >= 11 is 0. The summed E-state index contributed by atoms with van der Waals surface area (Å²) in [5.41, 5.74) is 0. The largest absolute Gasteiger partial charge is 0.356 e. The van der Waals surface area contributed by atoms with Crippen molar-refractivity contribution in [2.75, 3.05) is 6.54 Å². The van der Waals surface area contributed by atoms with Crippen LogP contribution in [0.1, 0.15) is 13.8 Å². The van der Waals surface area contributed by atoms with Gasteiger partial charge in [-0.3, -0.25) is 4.79 Å². The lowest BCUT2D eigenvalue weighted by Crippen LogP contribution is -2.20. The Bertz CT molecular complexity index is 61.1. The first-order chi connectivity index (χ1) is 3.27. The van der Waals surface area contributed by atoms with E-state index in [1.165, 1.54) is 6.92 Å². The molecule has 0 aromatic heterocycles. The fourth-order valence-electron chi connectivity index (χ4n) is 0.246. The maximum absolute atomic E-state index is 10.1. The van der Waals surface area contributed by atoms with Gasteiger partial charge < -0.3 is 5.32 Å². The second-order valence-corrected chi connectivity index (χ2v) is 1.35. The molecule has 0 atom stereocenters. The van der Waals surface area contributed by atoms with E-state index in [0.717, 1.165) is 0 Å². The Kier molecular flexibility index (Phi) is 3.38. The van der Waals surface area contributed by atoms with Crippen LogP contribution in [0.4, 0.5) is 0 Å². The lowest BCUT2D eigenvalue weighted by atomic mass is 10.5. The summed E-state index contributed by atoms with van der Waals surface area (Å²) in [7, 11) is 0. The van der Waals surface area contributed by atoms with Crippen LogP contribution < -0.4 is 5.32 Å². The second-order valence-electron chi connectivity index (χ2n) is 1.35. The van der Waals surface area contributed by atoms with Crippen molar-refractivity contribution in [3.05, 3.63) is 6.42 Å². The van der Waals surface area contributed by atoms with Crippen molar-refractivity contribution in [1.82, 2.24) is 5.32 Å². The van der Waals surface area contributed by atoms with Crippen molar-refractivity contribution in [3.63, 3.8) is 0 Å². The quantitative estimate of drug-likeness (QED) is 0.533. The maximum Gasteiger partial charge on any atom is 0.216 e. The zero-order chi connectivity index (χ0) is 5.70. The fourth-order valence-corrected chi connectivity index (χ4v) is 0.246. The molecule has 2 heteroatoms. The molecule has 0 aromatic carbocycles. The number of carbonyl (C=O) groups excluding carboxylic acids is 1. The van der Waals surface area contributed by atoms with E-state index in [9.17, 15) is 4.79 Å². The van der Waals surface area contributed by atoms with E-state index in [4.69, 9.17) is 0 Å². The molecule has 41 valence electrons. The molecule has 0 aromatic rings. The van der Waals surface area contributed by atoms with Crippen LogP contribution in [0.25, 0.3) is 0 Å². The van der Waals surface area contributed by atoms with E-state index < -0.39 is 0 Å². The van der Waals surface area contributed by atoms with Crippen molar-refractivity contribution in [2.24, 2.45) is 0 Å². The van der Waals surface area contributed by atoms with Gasteiger partial charge in [-0.2, -0.15) is 0 Å². The summed E-state index contributed by atoms with van der Waals surface area (Å²) < 4.78 is 0. The van der Waals surface area contributed by atoms with E-state index in [1.807, 2.05) is 13.3 Å². The molecule has 0 fully saturated rings. The molecule has 1 amide bonds. The number of hydrogen-bond acceptors (Lipinski definition) is 1. The van der Waals surface area contributed by atoms with Gasteiger partial charge in [0, 0.05) is 13.5 Å². The standard InChI is InChI=1S/C5H10NO/c1-3-4-6-5(2)7/h3H,4H2,1-2H3,(H,6,7). The van der Waals surface area contributed by atoms with Gasteiger partial charge in [0.25, 0.3) is 0 Å². The number of nitrogens with one attached hydrogen (secondary N) is 1.